The molecule has 128 valence electrons. The van der Waals surface area contributed by atoms with Gasteiger partial charge in [-0.05, 0) is 30.7 Å². The van der Waals surface area contributed by atoms with E-state index >= 15 is 0 Å². The molecule has 0 spiro atoms. The number of hydrogen-bond acceptors (Lipinski definition) is 5. The van der Waals surface area contributed by atoms with Gasteiger partial charge in [-0.3, -0.25) is 9.67 Å². The molecule has 0 saturated carbocycles. The van der Waals surface area contributed by atoms with Crippen LogP contribution in [0.5, 0.6) is 0 Å². The van der Waals surface area contributed by atoms with Gasteiger partial charge in [0, 0.05) is 68.6 Å². The normalized spacial score (nSPS) is 17.2. The van der Waals surface area contributed by atoms with Crippen LogP contribution in [-0.4, -0.2) is 38.9 Å². The summed E-state index contributed by atoms with van der Waals surface area (Å²) in [5, 5.41) is 8.30. The second-order valence-corrected chi connectivity index (χ2v) is 6.41. The van der Waals surface area contributed by atoms with Gasteiger partial charge in [0.05, 0.1) is 5.69 Å². The molecule has 0 unspecified atom stereocenters. The Balaban J connectivity index is 1.41. The third kappa shape index (κ3) is 3.53. The summed E-state index contributed by atoms with van der Waals surface area (Å²) in [4.78, 5) is 10.9. The van der Waals surface area contributed by atoms with Crippen LogP contribution in [0.2, 0.25) is 0 Å². The van der Waals surface area contributed by atoms with Crippen molar-refractivity contribution in [3.8, 4) is 11.3 Å². The van der Waals surface area contributed by atoms with Crippen molar-refractivity contribution in [2.75, 3.05) is 18.0 Å². The largest absolute Gasteiger partial charge is 0.355 e. The first-order valence-corrected chi connectivity index (χ1v) is 8.62. The molecule has 6 nitrogen and oxygen atoms in total. The van der Waals surface area contributed by atoms with Crippen LogP contribution < -0.4 is 10.2 Å². The Morgan fingerprint density at radius 2 is 2.04 bits per heavy atom. The maximum atomic E-state index is 4.62. The van der Waals surface area contributed by atoms with Crippen LogP contribution in [0.15, 0.2) is 55.1 Å². The van der Waals surface area contributed by atoms with Crippen molar-refractivity contribution in [2.24, 2.45) is 7.05 Å². The Morgan fingerprint density at radius 3 is 2.84 bits per heavy atom. The fourth-order valence-corrected chi connectivity index (χ4v) is 3.35. The summed E-state index contributed by atoms with van der Waals surface area (Å²) in [6.07, 6.45) is 8.69. The van der Waals surface area contributed by atoms with E-state index in [9.17, 15) is 0 Å². The van der Waals surface area contributed by atoms with E-state index in [1.54, 1.807) is 0 Å². The number of nitrogens with one attached hydrogen (secondary N) is 1. The zero-order valence-corrected chi connectivity index (χ0v) is 14.3. The van der Waals surface area contributed by atoms with Crippen LogP contribution in [-0.2, 0) is 13.6 Å². The topological polar surface area (TPSA) is 58.9 Å². The number of aryl methyl sites for hydroxylation is 1. The molecule has 25 heavy (non-hydrogen) atoms. The molecule has 1 aliphatic rings. The van der Waals surface area contributed by atoms with Gasteiger partial charge in [0.1, 0.15) is 5.82 Å². The number of rotatable bonds is 5. The van der Waals surface area contributed by atoms with Gasteiger partial charge in [0.25, 0.3) is 0 Å². The van der Waals surface area contributed by atoms with Gasteiger partial charge in [0.2, 0.25) is 0 Å². The highest BCUT2D eigenvalue weighted by Crippen LogP contribution is 2.22. The van der Waals surface area contributed by atoms with Gasteiger partial charge < -0.3 is 10.2 Å². The molecule has 1 N–H and O–H groups in total. The lowest BCUT2D eigenvalue weighted by Gasteiger charge is -2.17. The summed E-state index contributed by atoms with van der Waals surface area (Å²) >= 11 is 0. The van der Waals surface area contributed by atoms with Crippen molar-refractivity contribution in [3.63, 3.8) is 0 Å². The fraction of sp³-hybridized carbons (Fsp3) is 0.316. The average Bonchev–Trinajstić information content (AvgIpc) is 3.28. The Kier molecular flexibility index (Phi) is 4.43. The number of anilines is 1. The van der Waals surface area contributed by atoms with Crippen LogP contribution in [0.25, 0.3) is 11.3 Å². The van der Waals surface area contributed by atoms with Gasteiger partial charge in [-0.15, -0.1) is 0 Å². The monoisotopic (exact) mass is 334 g/mol. The van der Waals surface area contributed by atoms with Gasteiger partial charge >= 0.3 is 0 Å². The van der Waals surface area contributed by atoms with E-state index in [0.717, 1.165) is 43.1 Å². The van der Waals surface area contributed by atoms with Crippen LogP contribution in [0.4, 0.5) is 5.82 Å². The minimum absolute atomic E-state index is 0.465. The molecular weight excluding hydrogens is 312 g/mol. The number of pyridine rings is 2. The fourth-order valence-electron chi connectivity index (χ4n) is 3.35. The van der Waals surface area contributed by atoms with Crippen molar-refractivity contribution < 1.29 is 0 Å². The second-order valence-electron chi connectivity index (χ2n) is 6.41. The van der Waals surface area contributed by atoms with Crippen molar-refractivity contribution in [1.82, 2.24) is 25.1 Å². The van der Waals surface area contributed by atoms with Gasteiger partial charge in [-0.25, -0.2) is 4.98 Å². The number of nitrogens with zero attached hydrogens (tertiary/aromatic N) is 5. The van der Waals surface area contributed by atoms with E-state index in [1.807, 2.05) is 54.6 Å². The lowest BCUT2D eigenvalue weighted by atomic mass is 10.1. The standard InChI is InChI=1S/C19H22N6/c1-24-13-16(19(23-24)15-5-9-20-10-6-15)12-22-17-7-11-25(14-17)18-4-2-3-8-21-18/h2-6,8-10,13,17,22H,7,11-12,14H2,1H3/t17-/m0/s1. The lowest BCUT2D eigenvalue weighted by molar-refractivity contribution is 0.551. The van der Waals surface area contributed by atoms with E-state index in [4.69, 9.17) is 0 Å². The van der Waals surface area contributed by atoms with Crippen molar-refractivity contribution in [3.05, 3.63) is 60.7 Å². The summed E-state index contributed by atoms with van der Waals surface area (Å²) in [6.45, 7) is 2.84. The molecule has 1 fully saturated rings. The first-order valence-electron chi connectivity index (χ1n) is 8.62. The van der Waals surface area contributed by atoms with Crippen LogP contribution in [0, 0.1) is 0 Å². The lowest BCUT2D eigenvalue weighted by Crippen LogP contribution is -2.32. The smallest absolute Gasteiger partial charge is 0.128 e. The molecule has 3 aromatic rings. The van der Waals surface area contributed by atoms with E-state index in [2.05, 4.69) is 37.5 Å². The summed E-state index contributed by atoms with van der Waals surface area (Å²) in [6, 6.07) is 10.5. The molecule has 0 aromatic carbocycles. The maximum absolute atomic E-state index is 4.62. The van der Waals surface area contributed by atoms with Crippen LogP contribution >= 0.6 is 0 Å². The molecule has 0 bridgehead atoms. The molecule has 4 heterocycles. The van der Waals surface area contributed by atoms with Crippen LogP contribution in [0.1, 0.15) is 12.0 Å². The quantitative estimate of drug-likeness (QED) is 0.775. The maximum Gasteiger partial charge on any atom is 0.128 e. The third-order valence-electron chi connectivity index (χ3n) is 4.60. The Labute approximate surface area is 147 Å². The minimum atomic E-state index is 0.465. The summed E-state index contributed by atoms with van der Waals surface area (Å²) in [7, 11) is 1.96. The number of hydrogen-bond donors (Lipinski definition) is 1. The molecule has 0 amide bonds. The van der Waals surface area contributed by atoms with E-state index in [0.29, 0.717) is 6.04 Å². The number of aromatic nitrogens is 4. The summed E-state index contributed by atoms with van der Waals surface area (Å²) in [5.74, 6) is 1.06. The van der Waals surface area contributed by atoms with E-state index in [-0.39, 0.29) is 0 Å². The molecule has 6 heteroatoms. The van der Waals surface area contributed by atoms with Gasteiger partial charge in [-0.1, -0.05) is 6.07 Å². The first-order chi connectivity index (χ1) is 12.3. The zero-order valence-electron chi connectivity index (χ0n) is 14.3. The predicted octanol–water partition coefficient (Wildman–Crippen LogP) is 2.25. The zero-order chi connectivity index (χ0) is 17.1. The first kappa shape index (κ1) is 15.8. The highest BCUT2D eigenvalue weighted by molar-refractivity contribution is 5.61. The Morgan fingerprint density at radius 1 is 1.16 bits per heavy atom. The third-order valence-corrected chi connectivity index (χ3v) is 4.60. The molecular formula is C19H22N6. The molecule has 0 aliphatic carbocycles. The molecule has 0 radical (unpaired) electrons. The Bertz CT molecular complexity index is 814. The van der Waals surface area contributed by atoms with E-state index in [1.165, 1.54) is 5.56 Å². The minimum Gasteiger partial charge on any atom is -0.355 e. The van der Waals surface area contributed by atoms with Crippen molar-refractivity contribution in [2.45, 2.75) is 19.0 Å². The SMILES string of the molecule is Cn1cc(CN[C@H]2CCN(c3ccccn3)C2)c(-c2ccncc2)n1. The van der Waals surface area contributed by atoms with Crippen molar-refractivity contribution in [1.29, 1.82) is 0 Å². The van der Waals surface area contributed by atoms with Gasteiger partial charge in [-0.2, -0.15) is 5.10 Å². The molecule has 1 aliphatic heterocycles. The highest BCUT2D eigenvalue weighted by Gasteiger charge is 2.23. The summed E-state index contributed by atoms with van der Waals surface area (Å²) < 4.78 is 1.88. The van der Waals surface area contributed by atoms with E-state index < -0.39 is 0 Å². The van der Waals surface area contributed by atoms with Crippen molar-refractivity contribution >= 4 is 5.82 Å². The highest BCUT2D eigenvalue weighted by atomic mass is 15.3. The van der Waals surface area contributed by atoms with Gasteiger partial charge in [0.15, 0.2) is 0 Å². The predicted molar refractivity (Wildman–Crippen MR) is 98.1 cm³/mol. The molecule has 1 atom stereocenters. The summed E-state index contributed by atoms with van der Waals surface area (Å²) in [5.41, 5.74) is 3.34. The molecule has 4 rings (SSSR count). The molecule has 3 aromatic heterocycles. The molecule has 1 saturated heterocycles. The average molecular weight is 334 g/mol. The second kappa shape index (κ2) is 7.03. The Hall–Kier alpha value is -2.73. The van der Waals surface area contributed by atoms with Crippen LogP contribution in [0.3, 0.4) is 0 Å².